The average Bonchev–Trinajstić information content (AvgIpc) is 2.80. The number of amides is 3. The molecule has 0 saturated carbocycles. The van der Waals surface area contributed by atoms with E-state index >= 15 is 0 Å². The number of carbonyl (C=O) groups is 3. The summed E-state index contributed by atoms with van der Waals surface area (Å²) < 4.78 is 19.9. The second-order valence-electron chi connectivity index (χ2n) is 7.02. The van der Waals surface area contributed by atoms with E-state index in [2.05, 4.69) is 37.1 Å². The van der Waals surface area contributed by atoms with Crippen LogP contribution in [0.15, 0.2) is 76.3 Å². The van der Waals surface area contributed by atoms with Gasteiger partial charge in [-0.2, -0.15) is 5.10 Å². The minimum Gasteiger partial charge on any atom is -0.483 e. The second kappa shape index (κ2) is 11.7. The summed E-state index contributed by atoms with van der Waals surface area (Å²) in [5.74, 6) is -2.87. The first-order chi connectivity index (χ1) is 16.3. The molecule has 34 heavy (non-hydrogen) atoms. The molecule has 3 aromatic carbocycles. The number of anilines is 2. The molecule has 3 N–H and O–H groups in total. The molecule has 10 heteroatoms. The Balaban J connectivity index is 1.58. The van der Waals surface area contributed by atoms with Gasteiger partial charge in [0.15, 0.2) is 6.61 Å². The summed E-state index contributed by atoms with van der Waals surface area (Å²) in [4.78, 5) is 36.1. The van der Waals surface area contributed by atoms with Crippen LogP contribution in [-0.4, -0.2) is 30.5 Å². The Morgan fingerprint density at radius 3 is 2.56 bits per heavy atom. The van der Waals surface area contributed by atoms with Crippen LogP contribution in [0.5, 0.6) is 5.75 Å². The molecular formula is C24H20BrFN4O4. The van der Waals surface area contributed by atoms with Crippen molar-refractivity contribution in [1.82, 2.24) is 5.43 Å². The zero-order valence-corrected chi connectivity index (χ0v) is 19.6. The number of nitrogens with one attached hydrogen (secondary N) is 3. The standard InChI is InChI=1S/C24H20BrFN4O4/c1-15-5-4-6-18(11-15)28-22(31)14-34-21-10-9-17(25)12-16(21)13-27-30-24(33)23(32)29-20-8-3-2-7-19(20)26/h2-13H,14H2,1H3,(H,28,31)(H,29,32)(H,30,33)/b27-13-. The molecule has 8 nitrogen and oxygen atoms in total. The van der Waals surface area contributed by atoms with Crippen molar-refractivity contribution in [3.63, 3.8) is 0 Å². The topological polar surface area (TPSA) is 109 Å². The molecule has 174 valence electrons. The summed E-state index contributed by atoms with van der Waals surface area (Å²) in [5.41, 5.74) is 4.04. The lowest BCUT2D eigenvalue weighted by molar-refractivity contribution is -0.136. The van der Waals surface area contributed by atoms with E-state index in [1.807, 2.05) is 25.1 Å². The third kappa shape index (κ3) is 7.24. The van der Waals surface area contributed by atoms with Gasteiger partial charge in [0.05, 0.1) is 11.9 Å². The molecule has 0 saturated heterocycles. The van der Waals surface area contributed by atoms with E-state index in [0.29, 0.717) is 21.5 Å². The highest BCUT2D eigenvalue weighted by atomic mass is 79.9. The fourth-order valence-electron chi connectivity index (χ4n) is 2.77. The fraction of sp³-hybridized carbons (Fsp3) is 0.0833. The Kier molecular flexibility index (Phi) is 8.47. The molecule has 0 bridgehead atoms. The van der Waals surface area contributed by atoms with Crippen molar-refractivity contribution in [1.29, 1.82) is 0 Å². The maximum absolute atomic E-state index is 13.6. The summed E-state index contributed by atoms with van der Waals surface area (Å²) in [6.45, 7) is 1.66. The number of ether oxygens (including phenoxy) is 1. The van der Waals surface area contributed by atoms with Gasteiger partial charge in [0.25, 0.3) is 5.91 Å². The second-order valence-corrected chi connectivity index (χ2v) is 7.94. The molecular weight excluding hydrogens is 507 g/mol. The fourth-order valence-corrected chi connectivity index (χ4v) is 3.15. The van der Waals surface area contributed by atoms with Crippen LogP contribution in [0.2, 0.25) is 0 Å². The van der Waals surface area contributed by atoms with Crippen LogP contribution in [0.4, 0.5) is 15.8 Å². The normalized spacial score (nSPS) is 10.6. The molecule has 0 aromatic heterocycles. The molecule has 0 fully saturated rings. The Hall–Kier alpha value is -4.05. The molecule has 0 radical (unpaired) electrons. The van der Waals surface area contributed by atoms with Crippen LogP contribution in [-0.2, 0) is 14.4 Å². The Labute approximate surface area is 203 Å². The van der Waals surface area contributed by atoms with E-state index in [9.17, 15) is 18.8 Å². The zero-order chi connectivity index (χ0) is 24.5. The van der Waals surface area contributed by atoms with E-state index in [1.165, 1.54) is 24.4 Å². The van der Waals surface area contributed by atoms with Crippen molar-refractivity contribution in [2.75, 3.05) is 17.2 Å². The summed E-state index contributed by atoms with van der Waals surface area (Å²) in [7, 11) is 0. The van der Waals surface area contributed by atoms with Gasteiger partial charge in [-0.1, -0.05) is 40.2 Å². The van der Waals surface area contributed by atoms with Gasteiger partial charge in [-0.25, -0.2) is 9.82 Å². The van der Waals surface area contributed by atoms with Crippen LogP contribution in [0, 0.1) is 12.7 Å². The SMILES string of the molecule is Cc1cccc(NC(=O)COc2ccc(Br)cc2/C=N\NC(=O)C(=O)Nc2ccccc2F)c1. The highest BCUT2D eigenvalue weighted by molar-refractivity contribution is 9.10. The van der Waals surface area contributed by atoms with Crippen LogP contribution in [0.1, 0.15) is 11.1 Å². The molecule has 0 aliphatic rings. The molecule has 0 unspecified atom stereocenters. The lowest BCUT2D eigenvalue weighted by Gasteiger charge is -2.10. The number of hydrogen-bond acceptors (Lipinski definition) is 5. The summed E-state index contributed by atoms with van der Waals surface area (Å²) in [5, 5.41) is 8.65. The lowest BCUT2D eigenvalue weighted by atomic mass is 10.2. The molecule has 0 heterocycles. The molecule has 3 aromatic rings. The molecule has 0 atom stereocenters. The third-order valence-electron chi connectivity index (χ3n) is 4.33. The maximum atomic E-state index is 13.6. The summed E-state index contributed by atoms with van der Waals surface area (Å²) in [6, 6.07) is 17.8. The smallest absolute Gasteiger partial charge is 0.329 e. The zero-order valence-electron chi connectivity index (χ0n) is 18.0. The van der Waals surface area contributed by atoms with Crippen LogP contribution in [0.25, 0.3) is 0 Å². The van der Waals surface area contributed by atoms with Gasteiger partial charge in [0.1, 0.15) is 11.6 Å². The highest BCUT2D eigenvalue weighted by Gasteiger charge is 2.15. The maximum Gasteiger partial charge on any atom is 0.329 e. The lowest BCUT2D eigenvalue weighted by Crippen LogP contribution is -2.32. The van der Waals surface area contributed by atoms with Crippen molar-refractivity contribution in [3.05, 3.63) is 88.1 Å². The van der Waals surface area contributed by atoms with Crippen molar-refractivity contribution in [2.45, 2.75) is 6.92 Å². The van der Waals surface area contributed by atoms with Gasteiger partial charge in [0.2, 0.25) is 0 Å². The quantitative estimate of drug-likeness (QED) is 0.245. The van der Waals surface area contributed by atoms with Gasteiger partial charge in [-0.15, -0.1) is 0 Å². The van der Waals surface area contributed by atoms with Gasteiger partial charge < -0.3 is 15.4 Å². The van der Waals surface area contributed by atoms with E-state index in [-0.39, 0.29) is 18.2 Å². The molecule has 0 aliphatic carbocycles. The third-order valence-corrected chi connectivity index (χ3v) is 4.82. The van der Waals surface area contributed by atoms with Crippen molar-refractivity contribution in [2.24, 2.45) is 5.10 Å². The molecule has 0 aliphatic heterocycles. The number of rotatable bonds is 7. The monoisotopic (exact) mass is 526 g/mol. The number of benzene rings is 3. The minimum atomic E-state index is -1.09. The van der Waals surface area contributed by atoms with Crippen molar-refractivity contribution < 1.29 is 23.5 Å². The van der Waals surface area contributed by atoms with Gasteiger partial charge >= 0.3 is 11.8 Å². The summed E-state index contributed by atoms with van der Waals surface area (Å²) >= 11 is 3.33. The molecule has 0 spiro atoms. The molecule has 3 rings (SSSR count). The van der Waals surface area contributed by atoms with Gasteiger partial charge in [-0.05, 0) is 55.0 Å². The van der Waals surface area contributed by atoms with Crippen LogP contribution < -0.4 is 20.8 Å². The predicted molar refractivity (Wildman–Crippen MR) is 130 cm³/mol. The Morgan fingerprint density at radius 1 is 1.00 bits per heavy atom. The van der Waals surface area contributed by atoms with E-state index in [1.54, 1.807) is 24.3 Å². The van der Waals surface area contributed by atoms with Crippen molar-refractivity contribution in [3.8, 4) is 5.75 Å². The summed E-state index contributed by atoms with van der Waals surface area (Å²) in [6.07, 6.45) is 1.26. The minimum absolute atomic E-state index is 0.127. The average molecular weight is 527 g/mol. The highest BCUT2D eigenvalue weighted by Crippen LogP contribution is 2.22. The largest absolute Gasteiger partial charge is 0.483 e. The first-order valence-electron chi connectivity index (χ1n) is 9.99. The van der Waals surface area contributed by atoms with E-state index in [0.717, 1.165) is 11.6 Å². The number of aryl methyl sites for hydroxylation is 1. The Morgan fingerprint density at radius 2 is 1.79 bits per heavy atom. The van der Waals surface area contributed by atoms with Gasteiger partial charge in [-0.3, -0.25) is 14.4 Å². The number of para-hydroxylation sites is 1. The van der Waals surface area contributed by atoms with Crippen molar-refractivity contribution >= 4 is 51.2 Å². The number of hydrogen-bond donors (Lipinski definition) is 3. The van der Waals surface area contributed by atoms with Crippen LogP contribution in [0.3, 0.4) is 0 Å². The van der Waals surface area contributed by atoms with E-state index < -0.39 is 17.6 Å². The Bertz CT molecular complexity index is 1250. The number of hydrazone groups is 1. The number of halogens is 2. The number of nitrogens with zero attached hydrogens (tertiary/aromatic N) is 1. The molecule has 3 amide bonds. The van der Waals surface area contributed by atoms with Gasteiger partial charge in [0, 0.05) is 15.7 Å². The predicted octanol–water partition coefficient (Wildman–Crippen LogP) is 4.00. The first kappa shape index (κ1) is 24.6. The first-order valence-corrected chi connectivity index (χ1v) is 10.8. The number of carbonyl (C=O) groups excluding carboxylic acids is 3. The van der Waals surface area contributed by atoms with Crippen LogP contribution >= 0.6 is 15.9 Å². The van der Waals surface area contributed by atoms with E-state index in [4.69, 9.17) is 4.74 Å².